The summed E-state index contributed by atoms with van der Waals surface area (Å²) in [5.41, 5.74) is 0. The van der Waals surface area contributed by atoms with Gasteiger partial charge < -0.3 is 34.1 Å². The topological polar surface area (TPSA) is 124 Å². The average molecular weight is 844 g/mol. The second kappa shape index (κ2) is 43.2. The number of ether oxygens (including phenoxy) is 4. The van der Waals surface area contributed by atoms with Crippen molar-refractivity contribution in [2.45, 2.75) is 155 Å². The first kappa shape index (κ1) is 54.6. The highest BCUT2D eigenvalue weighted by Crippen LogP contribution is 2.20. The molecule has 0 aromatic heterocycles. The molecule has 0 atom stereocenters. The van der Waals surface area contributed by atoms with Crippen LogP contribution in [0.15, 0.2) is 24.3 Å². The van der Waals surface area contributed by atoms with Gasteiger partial charge in [-0.15, -0.1) is 0 Å². The Kier molecular flexibility index (Phi) is 41.4. The number of nitrogens with zero attached hydrogens (tertiary/aromatic N) is 2. The lowest BCUT2D eigenvalue weighted by molar-refractivity contribution is -0.138. The standard InChI is InChI=1S/C44H81N3O8S2/c1-5-7-9-11-17-23-29-41(48)52-35-27-21-15-13-19-25-32-47(44(51)55-38-40-57-56-39-37-54-43(50)45-31-34-46(3)4)33-26-20-14-16-22-28-36-53-42(49)30-24-18-12-10-8-6-2/h23-24,29-30H,5-22,25-28,31-40H2,1-4H3,(H,45,50). The highest BCUT2D eigenvalue weighted by molar-refractivity contribution is 8.76. The molecule has 0 rings (SSSR count). The van der Waals surface area contributed by atoms with Crippen molar-refractivity contribution in [3.05, 3.63) is 24.3 Å². The molecule has 0 heterocycles. The highest BCUT2D eigenvalue weighted by Gasteiger charge is 2.14. The molecular formula is C44H81N3O8S2. The predicted molar refractivity (Wildman–Crippen MR) is 239 cm³/mol. The van der Waals surface area contributed by atoms with Gasteiger partial charge >= 0.3 is 24.1 Å². The molecule has 0 spiro atoms. The predicted octanol–water partition coefficient (Wildman–Crippen LogP) is 10.9. The summed E-state index contributed by atoms with van der Waals surface area (Å²) in [5, 5.41) is 2.72. The quantitative estimate of drug-likeness (QED) is 0.0208. The molecule has 2 amide bonds. The van der Waals surface area contributed by atoms with E-state index in [2.05, 4.69) is 19.2 Å². The van der Waals surface area contributed by atoms with Crippen LogP contribution >= 0.6 is 21.6 Å². The van der Waals surface area contributed by atoms with Crippen molar-refractivity contribution in [1.29, 1.82) is 0 Å². The van der Waals surface area contributed by atoms with Gasteiger partial charge in [-0.25, -0.2) is 19.2 Å². The van der Waals surface area contributed by atoms with Crippen molar-refractivity contribution in [3.8, 4) is 0 Å². The Morgan fingerprint density at radius 2 is 0.947 bits per heavy atom. The number of likely N-dealkylation sites (N-methyl/N-ethyl adjacent to an activating group) is 1. The number of hydrogen-bond donors (Lipinski definition) is 1. The van der Waals surface area contributed by atoms with Crippen LogP contribution in [-0.4, -0.2) is 112 Å². The fraction of sp³-hybridized carbons (Fsp3) is 0.818. The zero-order valence-electron chi connectivity index (χ0n) is 36.4. The molecule has 0 saturated heterocycles. The number of alkyl carbamates (subject to hydrolysis) is 1. The minimum Gasteiger partial charge on any atom is -0.463 e. The molecular weight excluding hydrogens is 763 g/mol. The highest BCUT2D eigenvalue weighted by atomic mass is 33.1. The molecule has 0 unspecified atom stereocenters. The van der Waals surface area contributed by atoms with Gasteiger partial charge in [0.1, 0.15) is 13.2 Å². The van der Waals surface area contributed by atoms with Crippen molar-refractivity contribution in [1.82, 2.24) is 15.1 Å². The largest absolute Gasteiger partial charge is 0.463 e. The van der Waals surface area contributed by atoms with E-state index in [1.807, 2.05) is 36.0 Å². The molecule has 0 bridgehead atoms. The van der Waals surface area contributed by atoms with Gasteiger partial charge in [0.05, 0.1) is 13.2 Å². The van der Waals surface area contributed by atoms with Crippen molar-refractivity contribution in [2.75, 3.05) is 78.2 Å². The number of amides is 2. The second-order valence-electron chi connectivity index (χ2n) is 14.7. The normalized spacial score (nSPS) is 11.4. The van der Waals surface area contributed by atoms with Crippen LogP contribution in [0.25, 0.3) is 0 Å². The summed E-state index contributed by atoms with van der Waals surface area (Å²) in [7, 11) is 7.09. The molecule has 0 aliphatic heterocycles. The van der Waals surface area contributed by atoms with E-state index in [1.165, 1.54) is 38.5 Å². The van der Waals surface area contributed by atoms with Gasteiger partial charge in [0.2, 0.25) is 0 Å². The number of carbonyl (C=O) groups is 4. The van der Waals surface area contributed by atoms with Crippen LogP contribution in [-0.2, 0) is 28.5 Å². The number of rotatable bonds is 40. The third kappa shape index (κ3) is 41.6. The number of hydrogen-bond acceptors (Lipinski definition) is 11. The molecule has 11 nitrogen and oxygen atoms in total. The van der Waals surface area contributed by atoms with E-state index < -0.39 is 6.09 Å². The molecule has 332 valence electrons. The molecule has 0 aliphatic carbocycles. The van der Waals surface area contributed by atoms with Gasteiger partial charge in [-0.2, -0.15) is 0 Å². The maximum atomic E-state index is 13.0. The summed E-state index contributed by atoms with van der Waals surface area (Å²) in [5.74, 6) is 0.835. The molecule has 0 fully saturated rings. The minimum absolute atomic E-state index is 0.244. The lowest BCUT2D eigenvalue weighted by atomic mass is 10.1. The number of allylic oxidation sites excluding steroid dienone is 2. The minimum atomic E-state index is -0.402. The van der Waals surface area contributed by atoms with Gasteiger partial charge in [-0.05, 0) is 65.5 Å². The van der Waals surface area contributed by atoms with Gasteiger partial charge in [0, 0.05) is 49.8 Å². The molecule has 57 heavy (non-hydrogen) atoms. The van der Waals surface area contributed by atoms with Crippen LogP contribution in [0.4, 0.5) is 9.59 Å². The Morgan fingerprint density at radius 1 is 0.509 bits per heavy atom. The summed E-state index contributed by atoms with van der Waals surface area (Å²) < 4.78 is 21.5. The number of carbonyl (C=O) groups excluding carboxylic acids is 4. The molecule has 1 N–H and O–H groups in total. The summed E-state index contributed by atoms with van der Waals surface area (Å²) in [4.78, 5) is 52.4. The molecule has 13 heteroatoms. The Morgan fingerprint density at radius 3 is 1.42 bits per heavy atom. The second-order valence-corrected chi connectivity index (χ2v) is 17.4. The van der Waals surface area contributed by atoms with E-state index in [0.717, 1.165) is 109 Å². The SMILES string of the molecule is CCCCCCC=CC(=O)OCCCCCCCCN(CCCCCCCCOC(=O)C=CCCCCCC)C(=O)OCCSSCCOC(=O)NCCN(C)C. The summed E-state index contributed by atoms with van der Waals surface area (Å²) in [6, 6.07) is 0. The summed E-state index contributed by atoms with van der Waals surface area (Å²) in [6.45, 7) is 8.62. The zero-order chi connectivity index (χ0) is 41.9. The smallest absolute Gasteiger partial charge is 0.409 e. The molecule has 0 aromatic carbocycles. The fourth-order valence-electron chi connectivity index (χ4n) is 5.67. The Balaban J connectivity index is 4.33. The van der Waals surface area contributed by atoms with Crippen LogP contribution < -0.4 is 5.32 Å². The van der Waals surface area contributed by atoms with Gasteiger partial charge in [-0.1, -0.05) is 137 Å². The molecule has 0 aliphatic rings. The Labute approximate surface area is 355 Å². The summed E-state index contributed by atoms with van der Waals surface area (Å²) in [6.07, 6.45) is 29.7. The molecule has 0 radical (unpaired) electrons. The van der Waals surface area contributed by atoms with Crippen molar-refractivity contribution < 1.29 is 38.1 Å². The zero-order valence-corrected chi connectivity index (χ0v) is 38.0. The third-order valence-electron chi connectivity index (χ3n) is 9.05. The first-order valence-corrected chi connectivity index (χ1v) is 24.7. The first-order valence-electron chi connectivity index (χ1n) is 22.2. The van der Waals surface area contributed by atoms with Crippen molar-refractivity contribution in [2.24, 2.45) is 0 Å². The van der Waals surface area contributed by atoms with Gasteiger partial charge in [0.25, 0.3) is 0 Å². The average Bonchev–Trinajstić information content (AvgIpc) is 3.19. The maximum absolute atomic E-state index is 13.0. The van der Waals surface area contributed by atoms with Crippen LogP contribution in [0.3, 0.4) is 0 Å². The molecule has 0 aromatic rings. The fourth-order valence-corrected chi connectivity index (χ4v) is 7.32. The lowest BCUT2D eigenvalue weighted by Gasteiger charge is -2.22. The van der Waals surface area contributed by atoms with Crippen LogP contribution in [0, 0.1) is 0 Å². The first-order chi connectivity index (χ1) is 27.8. The van der Waals surface area contributed by atoms with Crippen LogP contribution in [0.2, 0.25) is 0 Å². The summed E-state index contributed by atoms with van der Waals surface area (Å²) >= 11 is 0. The number of nitrogens with one attached hydrogen (secondary N) is 1. The van der Waals surface area contributed by atoms with E-state index >= 15 is 0 Å². The van der Waals surface area contributed by atoms with E-state index in [-0.39, 0.29) is 18.0 Å². The number of unbranched alkanes of at least 4 members (excludes halogenated alkanes) is 18. The third-order valence-corrected chi connectivity index (χ3v) is 11.4. The Hall–Kier alpha value is -2.38. The van der Waals surface area contributed by atoms with E-state index in [1.54, 1.807) is 33.7 Å². The monoisotopic (exact) mass is 844 g/mol. The Bertz CT molecular complexity index is 980. The van der Waals surface area contributed by atoms with Crippen LogP contribution in [0.5, 0.6) is 0 Å². The van der Waals surface area contributed by atoms with Crippen molar-refractivity contribution in [3.63, 3.8) is 0 Å². The molecule has 0 saturated carbocycles. The van der Waals surface area contributed by atoms with Crippen LogP contribution in [0.1, 0.15) is 155 Å². The van der Waals surface area contributed by atoms with E-state index in [9.17, 15) is 19.2 Å². The van der Waals surface area contributed by atoms with Gasteiger partial charge in [0.15, 0.2) is 0 Å². The number of esters is 2. The maximum Gasteiger partial charge on any atom is 0.409 e. The van der Waals surface area contributed by atoms with Crippen molar-refractivity contribution >= 4 is 45.7 Å². The van der Waals surface area contributed by atoms with E-state index in [4.69, 9.17) is 18.9 Å². The van der Waals surface area contributed by atoms with E-state index in [0.29, 0.717) is 57.6 Å². The lowest BCUT2D eigenvalue weighted by Crippen LogP contribution is -2.34. The van der Waals surface area contributed by atoms with Gasteiger partial charge in [-0.3, -0.25) is 0 Å².